The summed E-state index contributed by atoms with van der Waals surface area (Å²) in [6.07, 6.45) is 2.91. The van der Waals surface area contributed by atoms with Crippen molar-refractivity contribution >= 4 is 21.7 Å². The number of carboxylic acids is 1. The van der Waals surface area contributed by atoms with Crippen LogP contribution in [0.1, 0.15) is 32.6 Å². The highest BCUT2D eigenvalue weighted by molar-refractivity contribution is 7.92. The number of carbonyl (C=O) groups excluding carboxylic acids is 1. The lowest BCUT2D eigenvalue weighted by atomic mass is 10.3. The number of carboxylic acid groups (broad SMARTS) is 1. The summed E-state index contributed by atoms with van der Waals surface area (Å²) in [6.45, 7) is 1.16. The number of sulfone groups is 1. The molecule has 1 amide bonds. The van der Waals surface area contributed by atoms with Crippen molar-refractivity contribution in [1.29, 1.82) is 0 Å². The van der Waals surface area contributed by atoms with Crippen molar-refractivity contribution in [3.8, 4) is 0 Å². The van der Waals surface area contributed by atoms with Gasteiger partial charge in [-0.05, 0) is 12.8 Å². The van der Waals surface area contributed by atoms with Crippen molar-refractivity contribution in [2.45, 2.75) is 43.9 Å². The van der Waals surface area contributed by atoms with E-state index in [1.165, 1.54) is 0 Å². The zero-order chi connectivity index (χ0) is 13.1. The maximum Gasteiger partial charge on any atom is 0.327 e. The third kappa shape index (κ3) is 3.99. The Kier molecular flexibility index (Phi) is 4.50. The van der Waals surface area contributed by atoms with Gasteiger partial charge >= 0.3 is 5.97 Å². The number of amides is 1. The van der Waals surface area contributed by atoms with Crippen molar-refractivity contribution in [2.75, 3.05) is 5.75 Å². The van der Waals surface area contributed by atoms with E-state index < -0.39 is 38.8 Å². The zero-order valence-electron chi connectivity index (χ0n) is 9.68. The normalized spacial score (nSPS) is 18.9. The van der Waals surface area contributed by atoms with Gasteiger partial charge in [0.15, 0.2) is 9.84 Å². The van der Waals surface area contributed by atoms with E-state index in [1.54, 1.807) is 0 Å². The topological polar surface area (TPSA) is 101 Å². The van der Waals surface area contributed by atoms with Gasteiger partial charge in [0.1, 0.15) is 6.04 Å². The molecule has 1 atom stereocenters. The second-order valence-electron chi connectivity index (χ2n) is 4.33. The molecule has 2 N–H and O–H groups in total. The summed E-state index contributed by atoms with van der Waals surface area (Å²) in [5.41, 5.74) is 0. The molecule has 1 saturated carbocycles. The Morgan fingerprint density at radius 3 is 2.29 bits per heavy atom. The fourth-order valence-electron chi connectivity index (χ4n) is 2.04. The van der Waals surface area contributed by atoms with Crippen LogP contribution in [0.5, 0.6) is 0 Å². The molecule has 1 unspecified atom stereocenters. The Bertz CT molecular complexity index is 397. The average molecular weight is 263 g/mol. The molecule has 0 spiro atoms. The van der Waals surface area contributed by atoms with Gasteiger partial charge in [-0.3, -0.25) is 4.79 Å². The Morgan fingerprint density at radius 1 is 1.35 bits per heavy atom. The van der Waals surface area contributed by atoms with E-state index in [9.17, 15) is 18.0 Å². The fourth-order valence-corrected chi connectivity index (χ4v) is 4.05. The molecule has 7 heteroatoms. The van der Waals surface area contributed by atoms with Crippen LogP contribution in [0.15, 0.2) is 0 Å². The molecule has 0 aromatic heterocycles. The highest BCUT2D eigenvalue weighted by atomic mass is 32.2. The third-order valence-electron chi connectivity index (χ3n) is 2.88. The first-order chi connectivity index (χ1) is 7.83. The van der Waals surface area contributed by atoms with Gasteiger partial charge in [0.05, 0.1) is 11.0 Å². The zero-order valence-corrected chi connectivity index (χ0v) is 10.5. The molecule has 0 radical (unpaired) electrons. The molecule has 0 bridgehead atoms. The largest absolute Gasteiger partial charge is 0.480 e. The van der Waals surface area contributed by atoms with Crippen LogP contribution < -0.4 is 5.32 Å². The summed E-state index contributed by atoms with van der Waals surface area (Å²) in [5, 5.41) is 10.5. The van der Waals surface area contributed by atoms with E-state index >= 15 is 0 Å². The van der Waals surface area contributed by atoms with Gasteiger partial charge in [-0.1, -0.05) is 12.8 Å². The molecule has 0 aliphatic heterocycles. The van der Waals surface area contributed by atoms with E-state index in [1.807, 2.05) is 0 Å². The molecule has 1 rings (SSSR count). The lowest BCUT2D eigenvalue weighted by molar-refractivity contribution is -0.140. The van der Waals surface area contributed by atoms with E-state index in [4.69, 9.17) is 5.11 Å². The number of hydrogen-bond acceptors (Lipinski definition) is 4. The van der Waals surface area contributed by atoms with Gasteiger partial charge < -0.3 is 10.4 Å². The van der Waals surface area contributed by atoms with Crippen LogP contribution in [-0.4, -0.2) is 42.4 Å². The van der Waals surface area contributed by atoms with Crippen LogP contribution in [0.4, 0.5) is 0 Å². The molecule has 1 aliphatic rings. The van der Waals surface area contributed by atoms with E-state index in [-0.39, 0.29) is 0 Å². The van der Waals surface area contributed by atoms with Crippen LogP contribution in [0.2, 0.25) is 0 Å². The van der Waals surface area contributed by atoms with Crippen molar-refractivity contribution in [1.82, 2.24) is 5.32 Å². The molecular formula is C10H17NO5S. The maximum absolute atomic E-state index is 11.9. The number of hydrogen-bond donors (Lipinski definition) is 2. The SMILES string of the molecule is CC(=O)NC(CS(=O)(=O)C1CCCC1)C(=O)O. The molecule has 1 aliphatic carbocycles. The summed E-state index contributed by atoms with van der Waals surface area (Å²) in [4.78, 5) is 21.6. The minimum atomic E-state index is -3.45. The standard InChI is InChI=1S/C10H17NO5S/c1-7(12)11-9(10(13)14)6-17(15,16)8-4-2-3-5-8/h8-9H,2-6H2,1H3,(H,11,12)(H,13,14). The van der Waals surface area contributed by atoms with Crippen LogP contribution >= 0.6 is 0 Å². The van der Waals surface area contributed by atoms with Gasteiger partial charge in [0.25, 0.3) is 0 Å². The summed E-state index contributed by atoms with van der Waals surface area (Å²) in [6, 6.07) is -1.35. The molecule has 0 aromatic carbocycles. The van der Waals surface area contributed by atoms with E-state index in [2.05, 4.69) is 5.32 Å². The predicted molar refractivity (Wildman–Crippen MR) is 61.3 cm³/mol. The Balaban J connectivity index is 2.71. The molecule has 0 aromatic rings. The summed E-state index contributed by atoms with van der Waals surface area (Å²) >= 11 is 0. The van der Waals surface area contributed by atoms with Crippen LogP contribution in [0.3, 0.4) is 0 Å². The van der Waals surface area contributed by atoms with Gasteiger partial charge in [-0.15, -0.1) is 0 Å². The third-order valence-corrected chi connectivity index (χ3v) is 5.17. The Labute approximate surface area is 100 Å². The van der Waals surface area contributed by atoms with Gasteiger partial charge in [0.2, 0.25) is 5.91 Å². The average Bonchev–Trinajstić information content (AvgIpc) is 2.68. The highest BCUT2D eigenvalue weighted by Crippen LogP contribution is 2.25. The van der Waals surface area contributed by atoms with Gasteiger partial charge in [0, 0.05) is 6.92 Å². The van der Waals surface area contributed by atoms with E-state index in [0.29, 0.717) is 12.8 Å². The van der Waals surface area contributed by atoms with Crippen LogP contribution in [0, 0.1) is 0 Å². The number of rotatable bonds is 5. The quantitative estimate of drug-likeness (QED) is 0.723. The highest BCUT2D eigenvalue weighted by Gasteiger charge is 2.33. The second-order valence-corrected chi connectivity index (χ2v) is 6.65. The number of nitrogens with one attached hydrogen (secondary N) is 1. The summed E-state index contributed by atoms with van der Waals surface area (Å²) in [5.74, 6) is -2.38. The minimum absolute atomic E-state index is 0.446. The lowest BCUT2D eigenvalue weighted by Crippen LogP contribution is -2.45. The second kappa shape index (κ2) is 5.48. The molecule has 17 heavy (non-hydrogen) atoms. The lowest BCUT2D eigenvalue weighted by Gasteiger charge is -2.16. The van der Waals surface area contributed by atoms with Crippen molar-refractivity contribution in [3.63, 3.8) is 0 Å². The predicted octanol–water partition coefficient (Wildman–Crippen LogP) is -0.0669. The first kappa shape index (κ1) is 14.0. The van der Waals surface area contributed by atoms with Crippen molar-refractivity contribution in [2.24, 2.45) is 0 Å². The Hall–Kier alpha value is -1.11. The first-order valence-electron chi connectivity index (χ1n) is 5.54. The molecular weight excluding hydrogens is 246 g/mol. The molecule has 0 heterocycles. The molecule has 0 saturated heterocycles. The van der Waals surface area contributed by atoms with Crippen LogP contribution in [-0.2, 0) is 19.4 Å². The molecule has 1 fully saturated rings. The summed E-state index contributed by atoms with van der Waals surface area (Å²) < 4.78 is 23.8. The van der Waals surface area contributed by atoms with Gasteiger partial charge in [-0.25, -0.2) is 13.2 Å². The van der Waals surface area contributed by atoms with Gasteiger partial charge in [-0.2, -0.15) is 0 Å². The smallest absolute Gasteiger partial charge is 0.327 e. The maximum atomic E-state index is 11.9. The van der Waals surface area contributed by atoms with Crippen molar-refractivity contribution in [3.05, 3.63) is 0 Å². The Morgan fingerprint density at radius 2 is 1.88 bits per heavy atom. The molecule has 98 valence electrons. The van der Waals surface area contributed by atoms with Crippen molar-refractivity contribution < 1.29 is 23.1 Å². The molecule has 6 nitrogen and oxygen atoms in total. The number of carbonyl (C=O) groups is 2. The monoisotopic (exact) mass is 263 g/mol. The van der Waals surface area contributed by atoms with Crippen LogP contribution in [0.25, 0.3) is 0 Å². The number of aliphatic carboxylic acids is 1. The first-order valence-corrected chi connectivity index (χ1v) is 7.26. The minimum Gasteiger partial charge on any atom is -0.480 e. The van der Waals surface area contributed by atoms with E-state index in [0.717, 1.165) is 19.8 Å². The summed E-state index contributed by atoms with van der Waals surface area (Å²) in [7, 11) is -3.45. The fraction of sp³-hybridized carbons (Fsp3) is 0.800.